The Balaban J connectivity index is 2.16. The lowest BCUT2D eigenvalue weighted by atomic mass is 9.98. The van der Waals surface area contributed by atoms with Gasteiger partial charge >= 0.3 is 5.97 Å². The number of hydrogen-bond donors (Lipinski definition) is 1. The molecule has 0 aliphatic carbocycles. The number of carbonyl (C=O) groups excluding carboxylic acids is 1. The quantitative estimate of drug-likeness (QED) is 0.572. The van der Waals surface area contributed by atoms with Gasteiger partial charge in [0.25, 0.3) is 0 Å². The Morgan fingerprint density at radius 3 is 2.10 bits per heavy atom. The van der Waals surface area contributed by atoms with E-state index in [2.05, 4.69) is 31.2 Å². The smallest absolute Gasteiger partial charge is 0.348 e. The fourth-order valence-electron chi connectivity index (χ4n) is 3.18. The van der Waals surface area contributed by atoms with E-state index in [-0.39, 0.29) is 17.5 Å². The molecule has 0 radical (unpaired) electrons. The van der Waals surface area contributed by atoms with E-state index in [0.717, 1.165) is 33.6 Å². The Morgan fingerprint density at radius 1 is 1.00 bits per heavy atom. The van der Waals surface area contributed by atoms with E-state index in [0.29, 0.717) is 4.88 Å². The number of nitrogens with two attached hydrogens (primary N) is 1. The molecule has 7 heteroatoms. The molecule has 0 spiro atoms. The number of esters is 1. The van der Waals surface area contributed by atoms with Gasteiger partial charge < -0.3 is 4.74 Å². The third-order valence-electron chi connectivity index (χ3n) is 4.70. The first-order valence-corrected chi connectivity index (χ1v) is 11.7. The number of thiophene rings is 1. The molecule has 0 amide bonds. The molecule has 1 aromatic heterocycles. The Morgan fingerprint density at radius 2 is 1.59 bits per heavy atom. The van der Waals surface area contributed by atoms with Gasteiger partial charge in [-0.05, 0) is 54.7 Å². The molecule has 3 aromatic rings. The molecule has 0 fully saturated rings. The molecular formula is C22H23NO4S2. The lowest BCUT2D eigenvalue weighted by Gasteiger charge is -2.07. The van der Waals surface area contributed by atoms with Gasteiger partial charge in [-0.3, -0.25) is 0 Å². The van der Waals surface area contributed by atoms with E-state index in [1.807, 2.05) is 6.92 Å². The van der Waals surface area contributed by atoms with Gasteiger partial charge in [0.05, 0.1) is 11.5 Å². The van der Waals surface area contributed by atoms with Crippen molar-refractivity contribution in [1.29, 1.82) is 0 Å². The van der Waals surface area contributed by atoms with E-state index < -0.39 is 10.0 Å². The maximum atomic E-state index is 12.6. The van der Waals surface area contributed by atoms with Crippen molar-refractivity contribution in [3.05, 3.63) is 64.5 Å². The number of sulfonamides is 1. The number of rotatable bonds is 6. The molecule has 152 valence electrons. The highest BCUT2D eigenvalue weighted by molar-refractivity contribution is 7.89. The minimum atomic E-state index is -3.78. The molecule has 1 heterocycles. The molecule has 0 unspecified atom stereocenters. The molecule has 5 nitrogen and oxygen atoms in total. The van der Waals surface area contributed by atoms with E-state index in [1.165, 1.54) is 29.0 Å². The van der Waals surface area contributed by atoms with E-state index >= 15 is 0 Å². The van der Waals surface area contributed by atoms with Gasteiger partial charge in [-0.25, -0.2) is 18.4 Å². The highest BCUT2D eigenvalue weighted by atomic mass is 32.2. The molecule has 0 bridgehead atoms. The summed E-state index contributed by atoms with van der Waals surface area (Å²) in [5.41, 5.74) is 4.72. The Bertz CT molecular complexity index is 1130. The maximum absolute atomic E-state index is 12.6. The molecule has 0 aliphatic heterocycles. The van der Waals surface area contributed by atoms with Crippen molar-refractivity contribution in [1.82, 2.24) is 0 Å². The van der Waals surface area contributed by atoms with Crippen LogP contribution < -0.4 is 5.14 Å². The molecule has 0 atom stereocenters. The highest BCUT2D eigenvalue weighted by Crippen LogP contribution is 2.42. The lowest BCUT2D eigenvalue weighted by Crippen LogP contribution is -2.11. The standard InChI is InChI=1S/C22H23NO4S2/c1-4-15-6-8-17(9-7-15)20-14(3)19(21(28-20)22(24)27-5-2)16-10-12-18(13-11-16)29(23,25)26/h6-13H,4-5H2,1-3H3,(H2,23,25,26). The van der Waals surface area contributed by atoms with Gasteiger partial charge in [0.15, 0.2) is 0 Å². The summed E-state index contributed by atoms with van der Waals surface area (Å²) in [5.74, 6) is -0.387. The van der Waals surface area contributed by atoms with Gasteiger partial charge in [-0.1, -0.05) is 43.3 Å². The third kappa shape index (κ3) is 4.42. The van der Waals surface area contributed by atoms with Crippen molar-refractivity contribution < 1.29 is 17.9 Å². The van der Waals surface area contributed by atoms with Crippen molar-refractivity contribution in [3.63, 3.8) is 0 Å². The van der Waals surface area contributed by atoms with Crippen molar-refractivity contribution in [2.24, 2.45) is 5.14 Å². The summed E-state index contributed by atoms with van der Waals surface area (Å²) >= 11 is 1.39. The maximum Gasteiger partial charge on any atom is 0.348 e. The van der Waals surface area contributed by atoms with Gasteiger partial charge in [0.1, 0.15) is 4.88 Å². The van der Waals surface area contributed by atoms with E-state index in [1.54, 1.807) is 19.1 Å². The topological polar surface area (TPSA) is 86.5 Å². The Kier molecular flexibility index (Phi) is 6.21. The van der Waals surface area contributed by atoms with E-state index in [4.69, 9.17) is 9.88 Å². The molecule has 0 saturated carbocycles. The molecule has 29 heavy (non-hydrogen) atoms. The van der Waals surface area contributed by atoms with Crippen molar-refractivity contribution in [2.45, 2.75) is 32.1 Å². The predicted octanol–water partition coefficient (Wildman–Crippen LogP) is 4.78. The van der Waals surface area contributed by atoms with Crippen LogP contribution in [-0.4, -0.2) is 21.0 Å². The third-order valence-corrected chi connectivity index (χ3v) is 6.95. The predicted molar refractivity (Wildman–Crippen MR) is 117 cm³/mol. The van der Waals surface area contributed by atoms with Crippen LogP contribution in [0.3, 0.4) is 0 Å². The van der Waals surface area contributed by atoms with Crippen molar-refractivity contribution >= 4 is 27.3 Å². The van der Waals surface area contributed by atoms with Crippen LogP contribution >= 0.6 is 11.3 Å². The largest absolute Gasteiger partial charge is 0.462 e. The number of hydrogen-bond acceptors (Lipinski definition) is 5. The molecule has 2 N–H and O–H groups in total. The minimum Gasteiger partial charge on any atom is -0.462 e. The zero-order valence-corrected chi connectivity index (χ0v) is 18.2. The highest BCUT2D eigenvalue weighted by Gasteiger charge is 2.23. The van der Waals surface area contributed by atoms with Crippen LogP contribution in [0.2, 0.25) is 0 Å². The summed E-state index contributed by atoms with van der Waals surface area (Å²) in [6.45, 7) is 6.11. The second kappa shape index (κ2) is 8.49. The average Bonchev–Trinajstić information content (AvgIpc) is 3.05. The summed E-state index contributed by atoms with van der Waals surface area (Å²) in [4.78, 5) is 14.2. The second-order valence-electron chi connectivity index (χ2n) is 6.60. The normalized spacial score (nSPS) is 11.4. The van der Waals surface area contributed by atoms with Crippen LogP contribution in [0.1, 0.15) is 34.6 Å². The van der Waals surface area contributed by atoms with Gasteiger partial charge in [-0.2, -0.15) is 0 Å². The van der Waals surface area contributed by atoms with Gasteiger partial charge in [0, 0.05) is 10.4 Å². The Labute approximate surface area is 175 Å². The molecule has 3 rings (SSSR count). The summed E-state index contributed by atoms with van der Waals surface area (Å²) in [5, 5.41) is 5.20. The summed E-state index contributed by atoms with van der Waals surface area (Å²) in [7, 11) is -3.78. The summed E-state index contributed by atoms with van der Waals surface area (Å²) < 4.78 is 28.4. The Hall–Kier alpha value is -2.48. The first kappa shape index (κ1) is 21.2. The van der Waals surface area contributed by atoms with Crippen molar-refractivity contribution in [3.8, 4) is 21.6 Å². The first-order valence-electron chi connectivity index (χ1n) is 9.29. The number of aryl methyl sites for hydroxylation is 1. The van der Waals surface area contributed by atoms with Gasteiger partial charge in [-0.15, -0.1) is 11.3 Å². The number of ether oxygens (including phenoxy) is 1. The van der Waals surface area contributed by atoms with Crippen LogP contribution in [0.15, 0.2) is 53.4 Å². The molecule has 0 aliphatic rings. The molecule has 2 aromatic carbocycles. The fourth-order valence-corrected chi connectivity index (χ4v) is 4.92. The number of carbonyl (C=O) groups is 1. The van der Waals surface area contributed by atoms with Crippen LogP contribution in [-0.2, 0) is 21.2 Å². The number of benzene rings is 2. The summed E-state index contributed by atoms with van der Waals surface area (Å²) in [6.07, 6.45) is 0.958. The summed E-state index contributed by atoms with van der Waals surface area (Å²) in [6, 6.07) is 14.5. The minimum absolute atomic E-state index is 0.0298. The zero-order chi connectivity index (χ0) is 21.2. The van der Waals surface area contributed by atoms with Crippen LogP contribution in [0.5, 0.6) is 0 Å². The van der Waals surface area contributed by atoms with Gasteiger partial charge in [0.2, 0.25) is 10.0 Å². The van der Waals surface area contributed by atoms with Crippen LogP contribution in [0, 0.1) is 6.92 Å². The molecule has 0 saturated heterocycles. The SMILES string of the molecule is CCOC(=O)c1sc(-c2ccc(CC)cc2)c(C)c1-c1ccc(S(N)(=O)=O)cc1. The average molecular weight is 430 g/mol. The van der Waals surface area contributed by atoms with Crippen LogP contribution in [0.25, 0.3) is 21.6 Å². The monoisotopic (exact) mass is 429 g/mol. The zero-order valence-electron chi connectivity index (χ0n) is 16.6. The second-order valence-corrected chi connectivity index (χ2v) is 9.18. The molecular weight excluding hydrogens is 406 g/mol. The first-order chi connectivity index (χ1) is 13.8. The number of primary sulfonamides is 1. The van der Waals surface area contributed by atoms with Crippen molar-refractivity contribution in [2.75, 3.05) is 6.61 Å². The van der Waals surface area contributed by atoms with Crippen LogP contribution in [0.4, 0.5) is 0 Å². The lowest BCUT2D eigenvalue weighted by molar-refractivity contribution is 0.0533. The fraction of sp³-hybridized carbons (Fsp3) is 0.227. The van der Waals surface area contributed by atoms with E-state index in [9.17, 15) is 13.2 Å².